The van der Waals surface area contributed by atoms with E-state index in [0.717, 1.165) is 54.9 Å². The van der Waals surface area contributed by atoms with Gasteiger partial charge in [-0.25, -0.2) is 9.78 Å². The predicted molar refractivity (Wildman–Crippen MR) is 157 cm³/mol. The molecule has 1 aliphatic carbocycles. The number of aromatic nitrogens is 2. The largest absolute Gasteiger partial charge is 0.573 e. The maximum absolute atomic E-state index is 13.1. The number of para-hydroxylation sites is 1. The van der Waals surface area contributed by atoms with Crippen molar-refractivity contribution in [1.82, 2.24) is 10.1 Å². The quantitative estimate of drug-likeness (QED) is 0.200. The Morgan fingerprint density at radius 1 is 1.11 bits per heavy atom. The van der Waals surface area contributed by atoms with Gasteiger partial charge in [-0.1, -0.05) is 23.4 Å². The molecule has 0 radical (unpaired) electrons. The average molecular weight is 626 g/mol. The molecule has 7 rings (SSSR count). The minimum absolute atomic E-state index is 0.0223. The summed E-state index contributed by atoms with van der Waals surface area (Å²) in [5, 5.41) is 16.5. The van der Waals surface area contributed by atoms with Gasteiger partial charge in [0, 0.05) is 40.1 Å². The number of piperidine rings is 1. The second-order valence-electron chi connectivity index (χ2n) is 11.7. The van der Waals surface area contributed by atoms with E-state index in [4.69, 9.17) is 14.2 Å². The van der Waals surface area contributed by atoms with E-state index in [1.165, 1.54) is 12.1 Å². The number of ether oxygens (including phenoxy) is 2. The first-order chi connectivity index (χ1) is 21.1. The van der Waals surface area contributed by atoms with Crippen molar-refractivity contribution >= 4 is 22.4 Å². The van der Waals surface area contributed by atoms with E-state index in [2.05, 4.69) is 14.8 Å². The van der Waals surface area contributed by atoms with Crippen LogP contribution < -0.4 is 9.64 Å². The van der Waals surface area contributed by atoms with E-state index < -0.39 is 12.3 Å². The summed E-state index contributed by atoms with van der Waals surface area (Å²) in [5.41, 5.74) is 3.93. The molecule has 0 spiro atoms. The van der Waals surface area contributed by atoms with Crippen LogP contribution in [0.25, 0.3) is 22.5 Å². The number of alkyl halides is 3. The number of halogens is 3. The molecular weight excluding hydrogens is 595 g/mol. The second kappa shape index (κ2) is 11.2. The lowest BCUT2D eigenvalue weighted by Gasteiger charge is -2.38. The number of fused-ring (bicyclic) bond motifs is 2. The van der Waals surface area contributed by atoms with E-state index in [9.17, 15) is 23.1 Å². The fourth-order valence-corrected chi connectivity index (χ4v) is 7.55. The van der Waals surface area contributed by atoms with Gasteiger partial charge < -0.3 is 24.0 Å². The van der Waals surface area contributed by atoms with E-state index in [0.29, 0.717) is 22.6 Å². The van der Waals surface area contributed by atoms with Gasteiger partial charge in [0.2, 0.25) is 0 Å². The van der Waals surface area contributed by atoms with Crippen molar-refractivity contribution < 1.29 is 37.1 Å². The van der Waals surface area contributed by atoms with Crippen LogP contribution in [0.4, 0.5) is 18.3 Å². The van der Waals surface area contributed by atoms with Crippen LogP contribution in [-0.2, 0) is 11.3 Å². The van der Waals surface area contributed by atoms with E-state index in [-0.39, 0.29) is 47.6 Å². The Morgan fingerprint density at radius 3 is 2.55 bits per heavy atom. The van der Waals surface area contributed by atoms with E-state index in [1.807, 2.05) is 11.4 Å². The summed E-state index contributed by atoms with van der Waals surface area (Å²) in [4.78, 5) is 18.7. The number of hydrogen-bond donors (Lipinski definition) is 1. The minimum Gasteiger partial charge on any atom is -0.478 e. The van der Waals surface area contributed by atoms with Crippen molar-refractivity contribution in [3.63, 3.8) is 0 Å². The number of nitrogens with zero attached hydrogens (tertiary/aromatic N) is 3. The zero-order chi connectivity index (χ0) is 30.6. The molecule has 44 heavy (non-hydrogen) atoms. The van der Waals surface area contributed by atoms with Crippen molar-refractivity contribution in [2.75, 3.05) is 4.90 Å². The third kappa shape index (κ3) is 5.68. The number of carboxylic acid groups (broad SMARTS) is 1. The number of hydrogen-bond acceptors (Lipinski definition) is 8. The van der Waals surface area contributed by atoms with Crippen molar-refractivity contribution in [2.45, 2.75) is 82.5 Å². The van der Waals surface area contributed by atoms with Gasteiger partial charge in [-0.05, 0) is 75.3 Å². The van der Waals surface area contributed by atoms with Gasteiger partial charge in [0.05, 0.1) is 24.0 Å². The molecule has 2 aromatic heterocycles. The molecule has 0 amide bonds. The molecule has 2 aliphatic heterocycles. The summed E-state index contributed by atoms with van der Waals surface area (Å²) >= 11 is 1.59. The Kier molecular flexibility index (Phi) is 7.36. The van der Waals surface area contributed by atoms with Crippen LogP contribution in [0.2, 0.25) is 0 Å². The molecule has 2 aromatic carbocycles. The van der Waals surface area contributed by atoms with Crippen LogP contribution in [0.1, 0.15) is 71.7 Å². The molecule has 0 unspecified atom stereocenters. The lowest BCUT2D eigenvalue weighted by molar-refractivity contribution is -0.274. The number of aryl methyl sites for hydroxylation is 1. The van der Waals surface area contributed by atoms with Crippen molar-refractivity contribution in [2.24, 2.45) is 0 Å². The Hall–Kier alpha value is -3.90. The van der Waals surface area contributed by atoms with Crippen molar-refractivity contribution in [3.05, 3.63) is 70.3 Å². The van der Waals surface area contributed by atoms with Gasteiger partial charge in [-0.3, -0.25) is 0 Å². The Balaban J connectivity index is 1.06. The summed E-state index contributed by atoms with van der Waals surface area (Å²) in [6.45, 7) is 1.98. The van der Waals surface area contributed by atoms with E-state index >= 15 is 0 Å². The SMILES string of the molecule is Cc1cc(-c2csc(N3[C@@H]4CC[C@H]3C[C@@H](OCc3c(-c5ccccc5OC(F)(F)F)noc3C3CC3)C4)n2)ccc1C(=O)O. The first-order valence-electron chi connectivity index (χ1n) is 14.7. The predicted octanol–water partition coefficient (Wildman–Crippen LogP) is 7.96. The summed E-state index contributed by atoms with van der Waals surface area (Å²) < 4.78 is 55.9. The third-order valence-electron chi connectivity index (χ3n) is 8.75. The minimum atomic E-state index is -4.83. The molecule has 1 N–H and O–H groups in total. The molecule has 2 saturated heterocycles. The third-order valence-corrected chi connectivity index (χ3v) is 9.61. The highest BCUT2D eigenvalue weighted by molar-refractivity contribution is 7.14. The van der Waals surface area contributed by atoms with Crippen LogP contribution >= 0.6 is 11.3 Å². The lowest BCUT2D eigenvalue weighted by atomic mass is 9.99. The topological polar surface area (TPSA) is 97.9 Å². The van der Waals surface area contributed by atoms with Crippen LogP contribution in [0, 0.1) is 6.92 Å². The van der Waals surface area contributed by atoms with Crippen LogP contribution in [0.15, 0.2) is 52.4 Å². The summed E-state index contributed by atoms with van der Waals surface area (Å²) in [5.74, 6) is -0.381. The highest BCUT2D eigenvalue weighted by Crippen LogP contribution is 2.47. The molecule has 1 saturated carbocycles. The number of thiazole rings is 1. The van der Waals surface area contributed by atoms with Crippen molar-refractivity contribution in [1.29, 1.82) is 0 Å². The summed E-state index contributed by atoms with van der Waals surface area (Å²) in [6, 6.07) is 11.8. The molecule has 3 fully saturated rings. The zero-order valence-electron chi connectivity index (χ0n) is 23.8. The van der Waals surface area contributed by atoms with Crippen LogP contribution in [-0.4, -0.2) is 45.8 Å². The standard InChI is InChI=1S/C32H30F3N3O5S/c1-17-12-19(8-11-23(17)30(39)40)26-16-44-31(36-26)38-20-9-10-21(38)14-22(13-20)41-15-25-28(37-43-29(25)18-6-7-18)24-4-2-3-5-27(24)42-32(33,34)35/h2-5,8,11-12,16,18,20-22H,6-7,9-10,13-15H2,1H3,(H,39,40)/t20-,21+,22+. The van der Waals surface area contributed by atoms with Gasteiger partial charge in [-0.2, -0.15) is 0 Å². The number of anilines is 1. The smallest absolute Gasteiger partial charge is 0.478 e. The lowest BCUT2D eigenvalue weighted by Crippen LogP contribution is -2.45. The molecule has 2 bridgehead atoms. The molecule has 12 heteroatoms. The molecule has 230 valence electrons. The van der Waals surface area contributed by atoms with Gasteiger partial charge in [-0.15, -0.1) is 24.5 Å². The first kappa shape index (κ1) is 28.8. The molecule has 4 heterocycles. The second-order valence-corrected chi connectivity index (χ2v) is 12.6. The van der Waals surface area contributed by atoms with E-state index in [1.54, 1.807) is 42.5 Å². The maximum Gasteiger partial charge on any atom is 0.573 e. The monoisotopic (exact) mass is 625 g/mol. The van der Waals surface area contributed by atoms with Crippen LogP contribution in [0.3, 0.4) is 0 Å². The van der Waals surface area contributed by atoms with Gasteiger partial charge in [0.25, 0.3) is 0 Å². The molecule has 4 aromatic rings. The Labute approximate surface area is 255 Å². The summed E-state index contributed by atoms with van der Waals surface area (Å²) in [7, 11) is 0. The molecule has 3 atom stereocenters. The number of carbonyl (C=O) groups is 1. The Bertz CT molecular complexity index is 1680. The van der Waals surface area contributed by atoms with Gasteiger partial charge in [0.15, 0.2) is 5.13 Å². The highest BCUT2D eigenvalue weighted by atomic mass is 32.1. The average Bonchev–Trinajstić information content (AvgIpc) is 3.44. The van der Waals surface area contributed by atoms with Gasteiger partial charge >= 0.3 is 12.3 Å². The summed E-state index contributed by atoms with van der Waals surface area (Å²) in [6.07, 6.45) is 0.722. The molecule has 3 aliphatic rings. The fourth-order valence-electron chi connectivity index (χ4n) is 6.57. The maximum atomic E-state index is 13.1. The number of carboxylic acids is 1. The zero-order valence-corrected chi connectivity index (χ0v) is 24.7. The highest BCUT2D eigenvalue weighted by Gasteiger charge is 2.43. The number of aromatic carboxylic acids is 1. The Morgan fingerprint density at radius 2 is 1.86 bits per heavy atom. The van der Waals surface area contributed by atoms with Gasteiger partial charge in [0.1, 0.15) is 17.2 Å². The number of rotatable bonds is 9. The number of benzene rings is 2. The fraction of sp³-hybridized carbons (Fsp3) is 0.406. The van der Waals surface area contributed by atoms with Crippen molar-refractivity contribution in [3.8, 4) is 28.3 Å². The molecule has 8 nitrogen and oxygen atoms in total. The first-order valence-corrected chi connectivity index (χ1v) is 15.6. The normalized spacial score (nSPS) is 21.5. The molecular formula is C32H30F3N3O5S. The van der Waals surface area contributed by atoms with Crippen LogP contribution in [0.5, 0.6) is 5.75 Å².